The summed E-state index contributed by atoms with van der Waals surface area (Å²) in [6.07, 6.45) is 4.35. The molecule has 0 unspecified atom stereocenters. The van der Waals surface area contributed by atoms with Gasteiger partial charge in [0, 0.05) is 17.8 Å². The predicted octanol–water partition coefficient (Wildman–Crippen LogP) is 2.05. The fourth-order valence-corrected chi connectivity index (χ4v) is 3.55. The Balaban J connectivity index is 3.04. The van der Waals surface area contributed by atoms with Gasteiger partial charge in [0.15, 0.2) is 0 Å². The van der Waals surface area contributed by atoms with E-state index in [1.165, 1.54) is 0 Å². The normalized spacial score (nSPS) is 12.0. The minimum absolute atomic E-state index is 0.117. The molecule has 1 heterocycles. The van der Waals surface area contributed by atoms with Crippen molar-refractivity contribution in [3.05, 3.63) is 29.1 Å². The predicted molar refractivity (Wildman–Crippen MR) is 80.8 cm³/mol. The molecular weight excluding hydrogens is 292 g/mol. The highest BCUT2D eigenvalue weighted by molar-refractivity contribution is 7.89. The van der Waals surface area contributed by atoms with E-state index in [1.54, 1.807) is 20.8 Å². The molecule has 0 atom stereocenters. The van der Waals surface area contributed by atoms with E-state index in [-0.39, 0.29) is 17.2 Å². The standard InChI is InChI=1S/C14H22N2O4S/c1-5-7-8-9-15-21(18,19)13-10(3)12(16-11(13)4)14(17)20-6-2/h5,7,15-16H,6,8-9H2,1-4H3/b7-5+. The topological polar surface area (TPSA) is 88.3 Å². The van der Waals surface area contributed by atoms with E-state index in [1.807, 2.05) is 19.1 Å². The Bertz CT molecular complexity index is 630. The van der Waals surface area contributed by atoms with Crippen LogP contribution >= 0.6 is 0 Å². The SMILES string of the molecule is C/C=C/CCNS(=O)(=O)c1c(C)[nH]c(C(=O)OCC)c1C. The highest BCUT2D eigenvalue weighted by atomic mass is 32.2. The van der Waals surface area contributed by atoms with Crippen molar-refractivity contribution in [1.82, 2.24) is 9.71 Å². The second-order valence-corrected chi connectivity index (χ2v) is 6.26. The van der Waals surface area contributed by atoms with E-state index < -0.39 is 16.0 Å². The third-order valence-electron chi connectivity index (χ3n) is 2.96. The molecule has 0 radical (unpaired) electrons. The summed E-state index contributed by atoms with van der Waals surface area (Å²) < 4.78 is 32.1. The van der Waals surface area contributed by atoms with Gasteiger partial charge >= 0.3 is 5.97 Å². The summed E-state index contributed by atoms with van der Waals surface area (Å²) in [5, 5.41) is 0. The van der Waals surface area contributed by atoms with E-state index in [2.05, 4.69) is 9.71 Å². The first-order chi connectivity index (χ1) is 9.85. The lowest BCUT2D eigenvalue weighted by atomic mass is 10.2. The molecule has 0 saturated carbocycles. The van der Waals surface area contributed by atoms with Gasteiger partial charge in [-0.15, -0.1) is 0 Å². The van der Waals surface area contributed by atoms with Crippen molar-refractivity contribution in [3.63, 3.8) is 0 Å². The second kappa shape index (κ2) is 7.42. The molecule has 0 fully saturated rings. The van der Waals surface area contributed by atoms with Crippen LogP contribution in [-0.2, 0) is 14.8 Å². The van der Waals surface area contributed by atoms with Gasteiger partial charge in [-0.1, -0.05) is 12.2 Å². The lowest BCUT2D eigenvalue weighted by Crippen LogP contribution is -2.25. The van der Waals surface area contributed by atoms with E-state index in [0.717, 1.165) is 0 Å². The van der Waals surface area contributed by atoms with E-state index in [0.29, 0.717) is 24.2 Å². The Hall–Kier alpha value is -1.60. The van der Waals surface area contributed by atoms with Crippen molar-refractivity contribution < 1.29 is 17.9 Å². The van der Waals surface area contributed by atoms with Crippen LogP contribution in [0.15, 0.2) is 17.0 Å². The summed E-state index contributed by atoms with van der Waals surface area (Å²) in [7, 11) is -3.65. The fourth-order valence-electron chi connectivity index (χ4n) is 2.06. The van der Waals surface area contributed by atoms with Crippen molar-refractivity contribution in [1.29, 1.82) is 0 Å². The minimum atomic E-state index is -3.65. The fraction of sp³-hybridized carbons (Fsp3) is 0.500. The number of carbonyl (C=O) groups is 1. The molecule has 118 valence electrons. The van der Waals surface area contributed by atoms with Gasteiger partial charge in [0.25, 0.3) is 0 Å². The maximum atomic E-state index is 12.3. The Morgan fingerprint density at radius 2 is 2.05 bits per heavy atom. The smallest absolute Gasteiger partial charge is 0.355 e. The summed E-state index contributed by atoms with van der Waals surface area (Å²) >= 11 is 0. The molecule has 1 aromatic rings. The summed E-state index contributed by atoms with van der Waals surface area (Å²) in [6, 6.07) is 0. The molecule has 0 saturated heterocycles. The molecule has 7 heteroatoms. The third kappa shape index (κ3) is 4.18. The van der Waals surface area contributed by atoms with E-state index >= 15 is 0 Å². The number of nitrogens with one attached hydrogen (secondary N) is 2. The molecule has 0 aliphatic carbocycles. The first-order valence-electron chi connectivity index (χ1n) is 6.82. The van der Waals surface area contributed by atoms with Crippen LogP contribution in [0.5, 0.6) is 0 Å². The van der Waals surface area contributed by atoms with E-state index in [9.17, 15) is 13.2 Å². The summed E-state index contributed by atoms with van der Waals surface area (Å²) in [6.45, 7) is 7.34. The minimum Gasteiger partial charge on any atom is -0.461 e. The number of allylic oxidation sites excluding steroid dienone is 1. The van der Waals surface area contributed by atoms with Gasteiger partial charge in [0.2, 0.25) is 10.0 Å². The van der Waals surface area contributed by atoms with Gasteiger partial charge < -0.3 is 9.72 Å². The maximum Gasteiger partial charge on any atom is 0.355 e. The van der Waals surface area contributed by atoms with Crippen LogP contribution < -0.4 is 4.72 Å². The van der Waals surface area contributed by atoms with E-state index in [4.69, 9.17) is 4.74 Å². The average Bonchev–Trinajstić information content (AvgIpc) is 2.71. The molecule has 0 amide bonds. The molecule has 1 aromatic heterocycles. The molecule has 21 heavy (non-hydrogen) atoms. The number of hydrogen-bond acceptors (Lipinski definition) is 4. The van der Waals surface area contributed by atoms with Crippen LogP contribution in [0.2, 0.25) is 0 Å². The van der Waals surface area contributed by atoms with Crippen molar-refractivity contribution in [2.75, 3.05) is 13.2 Å². The van der Waals surface area contributed by atoms with Crippen molar-refractivity contribution in [2.24, 2.45) is 0 Å². The van der Waals surface area contributed by atoms with Gasteiger partial charge in [-0.25, -0.2) is 17.9 Å². The average molecular weight is 314 g/mol. The zero-order valence-electron chi connectivity index (χ0n) is 12.8. The number of hydrogen-bond donors (Lipinski definition) is 2. The van der Waals surface area contributed by atoms with Crippen LogP contribution in [0.3, 0.4) is 0 Å². The molecule has 0 spiro atoms. The zero-order chi connectivity index (χ0) is 16.0. The molecule has 6 nitrogen and oxygen atoms in total. The second-order valence-electron chi connectivity index (χ2n) is 4.56. The highest BCUT2D eigenvalue weighted by Gasteiger charge is 2.26. The number of H-pyrrole nitrogens is 1. The number of aryl methyl sites for hydroxylation is 1. The summed E-state index contributed by atoms with van der Waals surface area (Å²) in [4.78, 5) is 14.7. The Labute approximate surface area is 125 Å². The summed E-state index contributed by atoms with van der Waals surface area (Å²) in [5.74, 6) is -0.548. The van der Waals surface area contributed by atoms with Crippen LogP contribution in [0, 0.1) is 13.8 Å². The monoisotopic (exact) mass is 314 g/mol. The van der Waals surface area contributed by atoms with Crippen molar-refractivity contribution in [3.8, 4) is 0 Å². The molecule has 0 bridgehead atoms. The first kappa shape index (κ1) is 17.5. The zero-order valence-corrected chi connectivity index (χ0v) is 13.6. The van der Waals surface area contributed by atoms with Gasteiger partial charge in [-0.2, -0.15) is 0 Å². The Kier molecular flexibility index (Phi) is 6.17. The number of aromatic nitrogens is 1. The quantitative estimate of drug-likeness (QED) is 0.458. The van der Waals surface area contributed by atoms with Gasteiger partial charge in [0.1, 0.15) is 10.6 Å². The lowest BCUT2D eigenvalue weighted by molar-refractivity contribution is 0.0519. The largest absolute Gasteiger partial charge is 0.461 e. The molecular formula is C14H22N2O4S. The molecule has 0 aliphatic rings. The maximum absolute atomic E-state index is 12.3. The van der Waals surface area contributed by atoms with Crippen molar-refractivity contribution >= 4 is 16.0 Å². The van der Waals surface area contributed by atoms with Crippen LogP contribution in [0.1, 0.15) is 42.0 Å². The first-order valence-corrected chi connectivity index (χ1v) is 8.30. The molecule has 2 N–H and O–H groups in total. The molecule has 0 aromatic carbocycles. The Morgan fingerprint density at radius 3 is 2.62 bits per heavy atom. The van der Waals surface area contributed by atoms with Crippen molar-refractivity contribution in [2.45, 2.75) is 39.0 Å². The summed E-state index contributed by atoms with van der Waals surface area (Å²) in [5.41, 5.74) is 0.988. The Morgan fingerprint density at radius 1 is 1.38 bits per heavy atom. The van der Waals surface area contributed by atoms with Gasteiger partial charge in [-0.05, 0) is 34.1 Å². The number of carbonyl (C=O) groups excluding carboxylic acids is 1. The third-order valence-corrected chi connectivity index (χ3v) is 4.69. The number of ether oxygens (including phenoxy) is 1. The van der Waals surface area contributed by atoms with Crippen LogP contribution in [-0.4, -0.2) is 32.5 Å². The van der Waals surface area contributed by atoms with Crippen LogP contribution in [0.25, 0.3) is 0 Å². The van der Waals surface area contributed by atoms with Gasteiger partial charge in [0.05, 0.1) is 6.61 Å². The number of rotatable bonds is 7. The lowest BCUT2D eigenvalue weighted by Gasteiger charge is -2.06. The number of aromatic amines is 1. The van der Waals surface area contributed by atoms with Crippen LogP contribution in [0.4, 0.5) is 0 Å². The highest BCUT2D eigenvalue weighted by Crippen LogP contribution is 2.23. The van der Waals surface area contributed by atoms with Gasteiger partial charge in [-0.3, -0.25) is 0 Å². The molecule has 0 aliphatic heterocycles. The number of esters is 1. The molecule has 1 rings (SSSR count). The number of sulfonamides is 1.